The van der Waals surface area contributed by atoms with Gasteiger partial charge in [0.25, 0.3) is 5.56 Å². The number of nitrogens with zero attached hydrogens (tertiary/aromatic N) is 6. The van der Waals surface area contributed by atoms with Crippen molar-refractivity contribution in [1.29, 1.82) is 0 Å². The number of aliphatic hydroxyl groups excluding tert-OH is 1. The van der Waals surface area contributed by atoms with Gasteiger partial charge in [-0.15, -0.1) is 0 Å². The van der Waals surface area contributed by atoms with Crippen LogP contribution in [0.2, 0.25) is 5.02 Å². The van der Waals surface area contributed by atoms with Crippen LogP contribution in [0.15, 0.2) is 44.7 Å². The molecule has 11 heteroatoms. The smallest absolute Gasteiger partial charge is 0.330 e. The lowest BCUT2D eigenvalue weighted by atomic mass is 10.1. The molecule has 0 saturated carbocycles. The second-order valence-electron chi connectivity index (χ2n) is 6.81. The summed E-state index contributed by atoms with van der Waals surface area (Å²) >= 11 is 5.86. The Morgan fingerprint density at radius 2 is 1.97 bits per heavy atom. The molecule has 0 fully saturated rings. The fourth-order valence-corrected chi connectivity index (χ4v) is 3.41. The molecule has 3 aromatic heterocycles. The fraction of sp³-hybridized carbons (Fsp3) is 0.316. The van der Waals surface area contributed by atoms with E-state index in [-0.39, 0.29) is 35.6 Å². The minimum absolute atomic E-state index is 0.00267. The highest BCUT2D eigenvalue weighted by Gasteiger charge is 2.18. The Labute approximate surface area is 175 Å². The number of benzene rings is 1. The molecule has 156 valence electrons. The van der Waals surface area contributed by atoms with Crippen molar-refractivity contribution in [3.05, 3.63) is 73.7 Å². The Balaban J connectivity index is 1.56. The van der Waals surface area contributed by atoms with E-state index in [1.54, 1.807) is 24.3 Å². The summed E-state index contributed by atoms with van der Waals surface area (Å²) in [6.07, 6.45) is 0.671. The van der Waals surface area contributed by atoms with Crippen LogP contribution >= 0.6 is 11.6 Å². The Hall–Kier alpha value is -3.24. The van der Waals surface area contributed by atoms with Crippen LogP contribution in [-0.4, -0.2) is 33.9 Å². The van der Waals surface area contributed by atoms with Crippen molar-refractivity contribution in [3.8, 4) is 0 Å². The number of rotatable bonds is 6. The molecule has 1 N–H and O–H groups in total. The molecule has 1 aromatic carbocycles. The summed E-state index contributed by atoms with van der Waals surface area (Å²) in [5, 5.41) is 14.8. The first-order valence-electron chi connectivity index (χ1n) is 9.28. The highest BCUT2D eigenvalue weighted by Crippen LogP contribution is 2.19. The van der Waals surface area contributed by atoms with Crippen LogP contribution in [0.1, 0.15) is 30.3 Å². The Morgan fingerprint density at radius 1 is 1.23 bits per heavy atom. The lowest BCUT2D eigenvalue weighted by Crippen LogP contribution is -2.24. The average molecular weight is 431 g/mol. The van der Waals surface area contributed by atoms with E-state index in [2.05, 4.69) is 15.1 Å². The molecule has 0 radical (unpaired) electrons. The van der Waals surface area contributed by atoms with Crippen LogP contribution in [0.4, 0.5) is 0 Å². The normalized spacial score (nSPS) is 12.5. The van der Waals surface area contributed by atoms with Crippen LogP contribution in [0.5, 0.6) is 0 Å². The van der Waals surface area contributed by atoms with Crippen molar-refractivity contribution in [3.63, 3.8) is 0 Å². The second kappa shape index (κ2) is 7.88. The van der Waals surface area contributed by atoms with Crippen LogP contribution in [0, 0.1) is 0 Å². The van der Waals surface area contributed by atoms with Gasteiger partial charge in [0, 0.05) is 25.0 Å². The van der Waals surface area contributed by atoms with Crippen LogP contribution < -0.4 is 11.2 Å². The third-order valence-corrected chi connectivity index (χ3v) is 5.12. The van der Waals surface area contributed by atoms with Crippen LogP contribution in [-0.2, 0) is 26.6 Å². The van der Waals surface area contributed by atoms with Gasteiger partial charge in [-0.05, 0) is 24.6 Å². The molecule has 0 aliphatic rings. The number of halogens is 1. The molecule has 0 spiro atoms. The highest BCUT2D eigenvalue weighted by molar-refractivity contribution is 6.30. The van der Waals surface area contributed by atoms with Gasteiger partial charge >= 0.3 is 5.69 Å². The summed E-state index contributed by atoms with van der Waals surface area (Å²) in [6, 6.07) is 6.83. The maximum absolute atomic E-state index is 12.8. The van der Waals surface area contributed by atoms with Crippen LogP contribution in [0.25, 0.3) is 11.2 Å². The van der Waals surface area contributed by atoms with Crippen molar-refractivity contribution >= 4 is 22.8 Å². The molecular weight excluding hydrogens is 412 g/mol. The van der Waals surface area contributed by atoms with E-state index in [0.29, 0.717) is 28.6 Å². The second-order valence-corrected chi connectivity index (χ2v) is 7.25. The third kappa shape index (κ3) is 3.55. The summed E-state index contributed by atoms with van der Waals surface area (Å²) in [5.41, 5.74) is 0.544. The summed E-state index contributed by atoms with van der Waals surface area (Å²) in [7, 11) is 1.53. The molecule has 4 rings (SSSR count). The number of fused-ring (bicyclic) bond motifs is 1. The minimum Gasteiger partial charge on any atom is -0.388 e. The predicted octanol–water partition coefficient (Wildman–Crippen LogP) is 1.28. The summed E-state index contributed by atoms with van der Waals surface area (Å²) in [5.74, 6) is 0.496. The molecule has 1 unspecified atom stereocenters. The zero-order valence-electron chi connectivity index (χ0n) is 16.3. The number of imidazole rings is 1. The van der Waals surface area contributed by atoms with E-state index < -0.39 is 6.10 Å². The molecule has 10 nitrogen and oxygen atoms in total. The van der Waals surface area contributed by atoms with Gasteiger partial charge in [-0.1, -0.05) is 28.9 Å². The number of aryl methyl sites for hydroxylation is 2. The van der Waals surface area contributed by atoms with Gasteiger partial charge in [-0.2, -0.15) is 4.98 Å². The van der Waals surface area contributed by atoms with Crippen molar-refractivity contribution in [2.75, 3.05) is 0 Å². The lowest BCUT2D eigenvalue weighted by Gasteiger charge is -2.08. The van der Waals surface area contributed by atoms with E-state index in [9.17, 15) is 14.7 Å². The third-order valence-electron chi connectivity index (χ3n) is 4.87. The topological polar surface area (TPSA) is 121 Å². The fourth-order valence-electron chi connectivity index (χ4n) is 3.28. The van der Waals surface area contributed by atoms with Gasteiger partial charge < -0.3 is 9.63 Å². The SMILES string of the molecule is CCn1c(=O)n(C)c2c(=O)n(Cc3nc(CC(O)c4ccc(Cl)cc4)no3)cnc21. The minimum atomic E-state index is -0.822. The largest absolute Gasteiger partial charge is 0.388 e. The van der Waals surface area contributed by atoms with Gasteiger partial charge in [0.05, 0.1) is 6.10 Å². The van der Waals surface area contributed by atoms with Crippen molar-refractivity contribution in [2.24, 2.45) is 7.05 Å². The van der Waals surface area contributed by atoms with E-state index in [1.807, 2.05) is 6.92 Å². The Morgan fingerprint density at radius 3 is 2.67 bits per heavy atom. The highest BCUT2D eigenvalue weighted by atomic mass is 35.5. The van der Waals surface area contributed by atoms with E-state index in [4.69, 9.17) is 16.1 Å². The molecule has 3 heterocycles. The Bertz CT molecular complexity index is 1320. The summed E-state index contributed by atoms with van der Waals surface area (Å²) in [4.78, 5) is 33.6. The number of aromatic nitrogens is 6. The maximum Gasteiger partial charge on any atom is 0.330 e. The maximum atomic E-state index is 12.8. The molecular formula is C19H19ClN6O4. The van der Waals surface area contributed by atoms with Gasteiger partial charge in [0.15, 0.2) is 17.0 Å². The van der Waals surface area contributed by atoms with Crippen molar-refractivity contribution in [2.45, 2.75) is 32.5 Å². The quantitative estimate of drug-likeness (QED) is 0.489. The zero-order chi connectivity index (χ0) is 21.4. The number of aliphatic hydroxyl groups is 1. The standard InChI is InChI=1S/C19H19ClN6O4/c1-3-26-17-16(24(2)19(26)29)18(28)25(10-21-17)9-15-22-14(23-30-15)8-13(27)11-4-6-12(20)7-5-11/h4-7,10,13,27H,3,8-9H2,1-2H3. The monoisotopic (exact) mass is 430 g/mol. The number of hydrogen-bond donors (Lipinski definition) is 1. The van der Waals surface area contributed by atoms with Gasteiger partial charge in [-0.3, -0.25) is 18.5 Å². The van der Waals surface area contributed by atoms with Crippen LogP contribution in [0.3, 0.4) is 0 Å². The van der Waals surface area contributed by atoms with Gasteiger partial charge in [-0.25, -0.2) is 9.78 Å². The van der Waals surface area contributed by atoms with Crippen molar-refractivity contribution < 1.29 is 9.63 Å². The molecule has 30 heavy (non-hydrogen) atoms. The first kappa shape index (κ1) is 20.0. The molecule has 0 aliphatic carbocycles. The molecule has 4 aromatic rings. The first-order chi connectivity index (χ1) is 14.4. The summed E-state index contributed by atoms with van der Waals surface area (Å²) in [6.45, 7) is 2.22. The number of hydrogen-bond acceptors (Lipinski definition) is 7. The van der Waals surface area contributed by atoms with Gasteiger partial charge in [0.2, 0.25) is 5.89 Å². The van der Waals surface area contributed by atoms with E-state index >= 15 is 0 Å². The molecule has 0 bridgehead atoms. The first-order valence-corrected chi connectivity index (χ1v) is 9.66. The zero-order valence-corrected chi connectivity index (χ0v) is 17.1. The molecule has 0 aliphatic heterocycles. The van der Waals surface area contributed by atoms with E-state index in [0.717, 1.165) is 0 Å². The van der Waals surface area contributed by atoms with E-state index in [1.165, 1.54) is 27.1 Å². The predicted molar refractivity (Wildman–Crippen MR) is 108 cm³/mol. The average Bonchev–Trinajstić information content (AvgIpc) is 3.26. The lowest BCUT2D eigenvalue weighted by molar-refractivity contribution is 0.174. The van der Waals surface area contributed by atoms with Crippen molar-refractivity contribution in [1.82, 2.24) is 28.8 Å². The summed E-state index contributed by atoms with van der Waals surface area (Å²) < 4.78 is 9.24. The molecule has 1 atom stereocenters. The van der Waals surface area contributed by atoms with Gasteiger partial charge in [0.1, 0.15) is 12.9 Å². The Kier molecular flexibility index (Phi) is 5.27. The molecule has 0 saturated heterocycles. The molecule has 0 amide bonds.